The van der Waals surface area contributed by atoms with E-state index in [9.17, 15) is 9.90 Å². The van der Waals surface area contributed by atoms with Crippen LogP contribution in [-0.4, -0.2) is 42.2 Å². The maximum Gasteiger partial charge on any atom is 0.335 e. The van der Waals surface area contributed by atoms with Gasteiger partial charge in [0, 0.05) is 12.6 Å². The summed E-state index contributed by atoms with van der Waals surface area (Å²) in [5.74, 6) is -0.181. The Labute approximate surface area is 150 Å². The third-order valence-corrected chi connectivity index (χ3v) is 4.35. The molecule has 0 aliphatic heterocycles. The molecule has 0 saturated carbocycles. The summed E-state index contributed by atoms with van der Waals surface area (Å²) in [5, 5.41) is 9.42. The van der Waals surface area contributed by atoms with Gasteiger partial charge in [0.1, 0.15) is 5.75 Å². The minimum Gasteiger partial charge on any atom is -0.494 e. The predicted octanol–water partition coefficient (Wildman–Crippen LogP) is 4.08. The zero-order chi connectivity index (χ0) is 18.2. The molecule has 0 spiro atoms. The van der Waals surface area contributed by atoms with Crippen LogP contribution in [0, 0.1) is 0 Å². The average molecular weight is 341 g/mol. The Hall–Kier alpha value is -2.33. The molecule has 0 aromatic heterocycles. The lowest BCUT2D eigenvalue weighted by molar-refractivity contribution is 0.0696. The van der Waals surface area contributed by atoms with E-state index in [0.29, 0.717) is 24.6 Å². The van der Waals surface area contributed by atoms with Crippen LogP contribution in [0.5, 0.6) is 5.75 Å². The highest BCUT2D eigenvalue weighted by atomic mass is 16.5. The lowest BCUT2D eigenvalue weighted by atomic mass is 9.99. The van der Waals surface area contributed by atoms with E-state index in [1.165, 1.54) is 0 Å². The van der Waals surface area contributed by atoms with Crippen molar-refractivity contribution < 1.29 is 14.6 Å². The summed E-state index contributed by atoms with van der Waals surface area (Å²) in [5.41, 5.74) is 2.19. The molecule has 2 aromatic carbocycles. The van der Waals surface area contributed by atoms with Crippen LogP contribution < -0.4 is 4.74 Å². The predicted molar refractivity (Wildman–Crippen MR) is 101 cm³/mol. The van der Waals surface area contributed by atoms with E-state index < -0.39 is 5.97 Å². The number of benzene rings is 2. The fraction of sp³-hybridized carbons (Fsp3) is 0.381. The summed E-state index contributed by atoms with van der Waals surface area (Å²) >= 11 is 0. The maximum absolute atomic E-state index is 11.5. The highest BCUT2D eigenvalue weighted by Crippen LogP contribution is 2.21. The second-order valence-corrected chi connectivity index (χ2v) is 6.56. The van der Waals surface area contributed by atoms with Crippen molar-refractivity contribution in [3.63, 3.8) is 0 Å². The lowest BCUT2D eigenvalue weighted by Crippen LogP contribution is -2.28. The Morgan fingerprint density at radius 3 is 2.52 bits per heavy atom. The minimum absolute atomic E-state index is 0.329. The van der Waals surface area contributed by atoms with Crippen LogP contribution in [0.15, 0.2) is 48.5 Å². The van der Waals surface area contributed by atoms with E-state index in [0.717, 1.165) is 29.8 Å². The molecule has 0 aliphatic rings. The molecule has 0 aliphatic carbocycles. The first-order valence-electron chi connectivity index (χ1n) is 8.70. The van der Waals surface area contributed by atoms with Crippen molar-refractivity contribution in [3.05, 3.63) is 65.2 Å². The van der Waals surface area contributed by atoms with Gasteiger partial charge in [0.2, 0.25) is 0 Å². The molecule has 1 N–H and O–H groups in total. The molecular formula is C21H27NO3. The second-order valence-electron chi connectivity index (χ2n) is 6.56. The molecule has 0 heterocycles. The Kier molecular flexibility index (Phi) is 7.02. The molecule has 2 rings (SSSR count). The highest BCUT2D eigenvalue weighted by Gasteiger charge is 2.12. The number of aromatic carboxylic acids is 1. The SMILES string of the molecule is CC(C)N(C)CCCOc1ccc(C(=O)O)c(Cc2ccccc2)c1. The van der Waals surface area contributed by atoms with E-state index in [1.807, 2.05) is 36.4 Å². The van der Waals surface area contributed by atoms with Crippen molar-refractivity contribution >= 4 is 5.97 Å². The van der Waals surface area contributed by atoms with Crippen molar-refractivity contribution in [2.24, 2.45) is 0 Å². The molecule has 0 fully saturated rings. The molecule has 0 unspecified atom stereocenters. The van der Waals surface area contributed by atoms with E-state index in [1.54, 1.807) is 12.1 Å². The normalized spacial score (nSPS) is 11.1. The fourth-order valence-corrected chi connectivity index (χ4v) is 2.59. The highest BCUT2D eigenvalue weighted by molar-refractivity contribution is 5.89. The van der Waals surface area contributed by atoms with Gasteiger partial charge < -0.3 is 14.7 Å². The first-order valence-corrected chi connectivity index (χ1v) is 8.70. The van der Waals surface area contributed by atoms with Gasteiger partial charge in [-0.1, -0.05) is 30.3 Å². The molecule has 0 saturated heterocycles. The van der Waals surface area contributed by atoms with Crippen LogP contribution in [-0.2, 0) is 6.42 Å². The van der Waals surface area contributed by atoms with E-state index in [2.05, 4.69) is 25.8 Å². The summed E-state index contributed by atoms with van der Waals surface area (Å²) < 4.78 is 5.83. The topological polar surface area (TPSA) is 49.8 Å². The molecule has 134 valence electrons. The summed E-state index contributed by atoms with van der Waals surface area (Å²) in [6, 6.07) is 15.6. The van der Waals surface area contributed by atoms with Gasteiger partial charge in [-0.15, -0.1) is 0 Å². The lowest BCUT2D eigenvalue weighted by Gasteiger charge is -2.20. The molecule has 4 nitrogen and oxygen atoms in total. The Morgan fingerprint density at radius 1 is 1.16 bits per heavy atom. The molecule has 4 heteroatoms. The summed E-state index contributed by atoms with van der Waals surface area (Å²) in [4.78, 5) is 13.8. The Bertz CT molecular complexity index is 683. The third-order valence-electron chi connectivity index (χ3n) is 4.35. The van der Waals surface area contributed by atoms with Gasteiger partial charge >= 0.3 is 5.97 Å². The second kappa shape index (κ2) is 9.23. The smallest absolute Gasteiger partial charge is 0.335 e. The minimum atomic E-state index is -0.906. The Balaban J connectivity index is 2.02. The first-order chi connectivity index (χ1) is 12.0. The fourth-order valence-electron chi connectivity index (χ4n) is 2.59. The van der Waals surface area contributed by atoms with Gasteiger partial charge in [-0.25, -0.2) is 4.79 Å². The third kappa shape index (κ3) is 5.91. The molecule has 25 heavy (non-hydrogen) atoms. The molecule has 2 aromatic rings. The van der Waals surface area contributed by atoms with Crippen molar-refractivity contribution in [1.82, 2.24) is 4.90 Å². The maximum atomic E-state index is 11.5. The number of rotatable bonds is 9. The summed E-state index contributed by atoms with van der Waals surface area (Å²) in [6.45, 7) is 5.93. The number of carboxylic acid groups (broad SMARTS) is 1. The molecular weight excluding hydrogens is 314 g/mol. The van der Waals surface area contributed by atoms with Gasteiger partial charge in [0.05, 0.1) is 12.2 Å². The van der Waals surface area contributed by atoms with Crippen LogP contribution in [0.3, 0.4) is 0 Å². The van der Waals surface area contributed by atoms with Gasteiger partial charge in [0.25, 0.3) is 0 Å². The van der Waals surface area contributed by atoms with Crippen molar-refractivity contribution in [2.45, 2.75) is 32.7 Å². The van der Waals surface area contributed by atoms with Crippen LogP contribution in [0.25, 0.3) is 0 Å². The van der Waals surface area contributed by atoms with Gasteiger partial charge in [-0.2, -0.15) is 0 Å². The van der Waals surface area contributed by atoms with Crippen molar-refractivity contribution in [3.8, 4) is 5.75 Å². The monoisotopic (exact) mass is 341 g/mol. The van der Waals surface area contributed by atoms with Crippen molar-refractivity contribution in [2.75, 3.05) is 20.2 Å². The zero-order valence-corrected chi connectivity index (χ0v) is 15.2. The van der Waals surface area contributed by atoms with Gasteiger partial charge in [-0.05, 0) is 63.1 Å². The molecule has 0 bridgehead atoms. The van der Waals surface area contributed by atoms with E-state index >= 15 is 0 Å². The number of ether oxygens (including phenoxy) is 1. The largest absolute Gasteiger partial charge is 0.494 e. The van der Waals surface area contributed by atoms with Crippen LogP contribution in [0.2, 0.25) is 0 Å². The number of nitrogens with zero attached hydrogens (tertiary/aromatic N) is 1. The number of carbonyl (C=O) groups is 1. The first kappa shape index (κ1) is 19.0. The summed E-state index contributed by atoms with van der Waals surface area (Å²) in [7, 11) is 2.10. The standard InChI is InChI=1S/C21H27NO3/c1-16(2)22(3)12-7-13-25-19-10-11-20(21(23)24)18(15-19)14-17-8-5-4-6-9-17/h4-6,8-11,15-16H,7,12-14H2,1-3H3,(H,23,24). The number of hydrogen-bond acceptors (Lipinski definition) is 3. The number of carboxylic acids is 1. The molecule has 0 radical (unpaired) electrons. The average Bonchev–Trinajstić information content (AvgIpc) is 2.59. The van der Waals surface area contributed by atoms with Crippen LogP contribution >= 0.6 is 0 Å². The molecule has 0 amide bonds. The molecule has 0 atom stereocenters. The number of hydrogen-bond donors (Lipinski definition) is 1. The van der Waals surface area contributed by atoms with E-state index in [-0.39, 0.29) is 0 Å². The van der Waals surface area contributed by atoms with Crippen LogP contribution in [0.1, 0.15) is 41.8 Å². The summed E-state index contributed by atoms with van der Waals surface area (Å²) in [6.07, 6.45) is 1.51. The van der Waals surface area contributed by atoms with Gasteiger partial charge in [-0.3, -0.25) is 0 Å². The van der Waals surface area contributed by atoms with Crippen molar-refractivity contribution in [1.29, 1.82) is 0 Å². The quantitative estimate of drug-likeness (QED) is 0.698. The van der Waals surface area contributed by atoms with E-state index in [4.69, 9.17) is 4.74 Å². The van der Waals surface area contributed by atoms with Crippen LogP contribution in [0.4, 0.5) is 0 Å². The van der Waals surface area contributed by atoms with Gasteiger partial charge in [0.15, 0.2) is 0 Å². The zero-order valence-electron chi connectivity index (χ0n) is 15.2. The Morgan fingerprint density at radius 2 is 1.88 bits per heavy atom.